The third-order valence-corrected chi connectivity index (χ3v) is 5.57. The minimum absolute atomic E-state index is 0.204. The Morgan fingerprint density at radius 3 is 2.68 bits per heavy atom. The van der Waals surface area contributed by atoms with Crippen molar-refractivity contribution in [3.05, 3.63) is 58.1 Å². The molecule has 118 valence electrons. The van der Waals surface area contributed by atoms with E-state index >= 15 is 0 Å². The van der Waals surface area contributed by atoms with E-state index in [0.717, 1.165) is 13.0 Å². The van der Waals surface area contributed by atoms with Crippen LogP contribution >= 0.6 is 15.9 Å². The van der Waals surface area contributed by atoms with Gasteiger partial charge in [0.25, 0.3) is 0 Å². The molecule has 0 amide bonds. The van der Waals surface area contributed by atoms with E-state index in [1.807, 2.05) is 0 Å². The highest BCUT2D eigenvalue weighted by atomic mass is 79.9. The predicted molar refractivity (Wildman–Crippen MR) is 96.2 cm³/mol. The topological polar surface area (TPSA) is 9.23 Å². The van der Waals surface area contributed by atoms with E-state index in [1.54, 1.807) is 0 Å². The normalized spacial score (nSPS) is 24.1. The average molecular weight is 361 g/mol. The van der Waals surface area contributed by atoms with Crippen LogP contribution in [0.3, 0.4) is 0 Å². The zero-order chi connectivity index (χ0) is 15.4. The van der Waals surface area contributed by atoms with Gasteiger partial charge in [0, 0.05) is 16.5 Å². The van der Waals surface area contributed by atoms with Crippen LogP contribution in [0.25, 0.3) is 0 Å². The maximum Gasteiger partial charge on any atom is 0.0793 e. The molecule has 0 radical (unpaired) electrons. The number of halogens is 1. The van der Waals surface area contributed by atoms with Crippen molar-refractivity contribution in [3.63, 3.8) is 0 Å². The molecular formula is C20H25BrO. The molecule has 1 fully saturated rings. The molecule has 1 saturated carbocycles. The molecule has 0 saturated heterocycles. The van der Waals surface area contributed by atoms with Crippen LogP contribution in [0.15, 0.2) is 52.5 Å². The molecular weight excluding hydrogens is 336 g/mol. The number of allylic oxidation sites excluding steroid dienone is 2. The monoisotopic (exact) mass is 360 g/mol. The highest BCUT2D eigenvalue weighted by Crippen LogP contribution is 2.47. The van der Waals surface area contributed by atoms with Crippen molar-refractivity contribution in [2.75, 3.05) is 6.61 Å². The Morgan fingerprint density at radius 1 is 1.23 bits per heavy atom. The van der Waals surface area contributed by atoms with Gasteiger partial charge in [0.1, 0.15) is 0 Å². The van der Waals surface area contributed by atoms with Gasteiger partial charge >= 0.3 is 0 Å². The number of hydrogen-bond acceptors (Lipinski definition) is 1. The highest BCUT2D eigenvalue weighted by Gasteiger charge is 2.37. The molecule has 0 spiro atoms. The predicted octanol–water partition coefficient (Wildman–Crippen LogP) is 5.94. The molecule has 1 nitrogen and oxygen atoms in total. The third kappa shape index (κ3) is 3.23. The second-order valence-electron chi connectivity index (χ2n) is 6.40. The maximum absolute atomic E-state index is 5.74. The van der Waals surface area contributed by atoms with Crippen molar-refractivity contribution >= 4 is 15.9 Å². The lowest BCUT2D eigenvalue weighted by atomic mass is 9.64. The summed E-state index contributed by atoms with van der Waals surface area (Å²) in [6.07, 6.45) is 14.8. The van der Waals surface area contributed by atoms with Gasteiger partial charge in [0.15, 0.2) is 0 Å². The van der Waals surface area contributed by atoms with Crippen molar-refractivity contribution in [2.24, 2.45) is 0 Å². The molecule has 1 aromatic carbocycles. The Kier molecular flexibility index (Phi) is 5.20. The number of ether oxygens (including phenoxy) is 1. The fraction of sp³-hybridized carbons (Fsp3) is 0.500. The van der Waals surface area contributed by atoms with Crippen molar-refractivity contribution in [3.8, 4) is 0 Å². The first kappa shape index (κ1) is 16.0. The van der Waals surface area contributed by atoms with E-state index in [9.17, 15) is 0 Å². The molecule has 0 aromatic heterocycles. The van der Waals surface area contributed by atoms with Crippen LogP contribution in [0.2, 0.25) is 0 Å². The van der Waals surface area contributed by atoms with E-state index in [-0.39, 0.29) is 11.5 Å². The zero-order valence-corrected chi connectivity index (χ0v) is 14.9. The molecule has 0 aliphatic heterocycles. The SMILES string of the molecule is CCOC1C=CC(C2(c3cccc(Br)c3)CCCCC2)=CC1. The Bertz CT molecular complexity index is 567. The van der Waals surface area contributed by atoms with Gasteiger partial charge in [0.2, 0.25) is 0 Å². The number of benzene rings is 1. The fourth-order valence-corrected chi connectivity index (χ4v) is 4.38. The summed E-state index contributed by atoms with van der Waals surface area (Å²) in [4.78, 5) is 0. The largest absolute Gasteiger partial charge is 0.374 e. The van der Waals surface area contributed by atoms with E-state index in [0.29, 0.717) is 0 Å². The Morgan fingerprint density at radius 2 is 2.05 bits per heavy atom. The maximum atomic E-state index is 5.74. The van der Waals surface area contributed by atoms with Gasteiger partial charge < -0.3 is 4.74 Å². The number of rotatable bonds is 4. The van der Waals surface area contributed by atoms with Gasteiger partial charge in [-0.3, -0.25) is 0 Å². The van der Waals surface area contributed by atoms with Gasteiger partial charge in [0.05, 0.1) is 6.10 Å². The average Bonchev–Trinajstić information content (AvgIpc) is 2.56. The lowest BCUT2D eigenvalue weighted by Gasteiger charge is -2.40. The van der Waals surface area contributed by atoms with Crippen LogP contribution in [-0.2, 0) is 10.2 Å². The lowest BCUT2D eigenvalue weighted by Crippen LogP contribution is -2.32. The van der Waals surface area contributed by atoms with Gasteiger partial charge in [-0.1, -0.05) is 65.6 Å². The zero-order valence-electron chi connectivity index (χ0n) is 13.4. The highest BCUT2D eigenvalue weighted by molar-refractivity contribution is 9.10. The molecule has 3 rings (SSSR count). The molecule has 2 aliphatic rings. The molecule has 0 N–H and O–H groups in total. The Balaban J connectivity index is 1.92. The summed E-state index contributed by atoms with van der Waals surface area (Å²) >= 11 is 3.65. The van der Waals surface area contributed by atoms with Crippen molar-refractivity contribution in [1.29, 1.82) is 0 Å². The Hall–Kier alpha value is -0.860. The summed E-state index contributed by atoms with van der Waals surface area (Å²) in [6, 6.07) is 8.91. The summed E-state index contributed by atoms with van der Waals surface area (Å²) in [5.74, 6) is 0. The van der Waals surface area contributed by atoms with E-state index < -0.39 is 0 Å². The Labute approximate surface area is 142 Å². The summed E-state index contributed by atoms with van der Waals surface area (Å²) in [7, 11) is 0. The van der Waals surface area contributed by atoms with Crippen LogP contribution in [0.1, 0.15) is 51.0 Å². The van der Waals surface area contributed by atoms with Gasteiger partial charge in [-0.25, -0.2) is 0 Å². The van der Waals surface area contributed by atoms with Crippen molar-refractivity contribution in [2.45, 2.75) is 57.0 Å². The van der Waals surface area contributed by atoms with Gasteiger partial charge in [-0.2, -0.15) is 0 Å². The molecule has 1 atom stereocenters. The van der Waals surface area contributed by atoms with Crippen LogP contribution in [0.4, 0.5) is 0 Å². The second-order valence-corrected chi connectivity index (χ2v) is 7.32. The molecule has 1 aromatic rings. The first-order chi connectivity index (χ1) is 10.7. The van der Waals surface area contributed by atoms with Crippen LogP contribution in [-0.4, -0.2) is 12.7 Å². The summed E-state index contributed by atoms with van der Waals surface area (Å²) in [6.45, 7) is 2.85. The first-order valence-electron chi connectivity index (χ1n) is 8.51. The second kappa shape index (κ2) is 7.14. The summed E-state index contributed by atoms with van der Waals surface area (Å²) in [5, 5.41) is 0. The van der Waals surface area contributed by atoms with Gasteiger partial charge in [-0.05, 0) is 49.5 Å². The summed E-state index contributed by atoms with van der Waals surface area (Å²) < 4.78 is 6.92. The van der Waals surface area contributed by atoms with E-state index in [1.165, 1.54) is 47.7 Å². The smallest absolute Gasteiger partial charge is 0.0793 e. The van der Waals surface area contributed by atoms with Crippen molar-refractivity contribution in [1.82, 2.24) is 0 Å². The van der Waals surface area contributed by atoms with Crippen LogP contribution < -0.4 is 0 Å². The fourth-order valence-electron chi connectivity index (χ4n) is 3.98. The molecule has 2 heteroatoms. The van der Waals surface area contributed by atoms with E-state index in [2.05, 4.69) is 65.3 Å². The minimum atomic E-state index is 0.204. The standard InChI is InChI=1S/C20H25BrO/c1-2-22-19-11-9-16(10-12-19)20(13-4-3-5-14-20)17-7-6-8-18(21)15-17/h6-11,15,19H,2-5,12-14H2,1H3. The summed E-state index contributed by atoms with van der Waals surface area (Å²) in [5.41, 5.74) is 3.17. The quantitative estimate of drug-likeness (QED) is 0.645. The molecule has 0 bridgehead atoms. The van der Waals surface area contributed by atoms with Crippen LogP contribution in [0.5, 0.6) is 0 Å². The van der Waals surface area contributed by atoms with Crippen molar-refractivity contribution < 1.29 is 4.74 Å². The van der Waals surface area contributed by atoms with E-state index in [4.69, 9.17) is 4.74 Å². The molecule has 22 heavy (non-hydrogen) atoms. The lowest BCUT2D eigenvalue weighted by molar-refractivity contribution is 0.0970. The molecule has 2 aliphatic carbocycles. The van der Waals surface area contributed by atoms with Crippen LogP contribution in [0, 0.1) is 0 Å². The minimum Gasteiger partial charge on any atom is -0.374 e. The van der Waals surface area contributed by atoms with Gasteiger partial charge in [-0.15, -0.1) is 0 Å². The molecule has 0 heterocycles. The first-order valence-corrected chi connectivity index (χ1v) is 9.30. The molecule has 1 unspecified atom stereocenters. The third-order valence-electron chi connectivity index (χ3n) is 5.08. The number of hydrogen-bond donors (Lipinski definition) is 0.